The maximum atomic E-state index is 12.1. The number of nitrogens with one attached hydrogen (secondary N) is 1. The highest BCUT2D eigenvalue weighted by molar-refractivity contribution is 6.37. The van der Waals surface area contributed by atoms with Gasteiger partial charge in [0.2, 0.25) is 0 Å². The van der Waals surface area contributed by atoms with Crippen molar-refractivity contribution in [3.8, 4) is 17.6 Å². The highest BCUT2D eigenvalue weighted by Gasteiger charge is 2.11. The molecule has 0 saturated heterocycles. The first-order valence-electron chi connectivity index (χ1n) is 6.31. The van der Waals surface area contributed by atoms with Crippen molar-refractivity contribution in [2.24, 2.45) is 0 Å². The predicted molar refractivity (Wildman–Crippen MR) is 88.5 cm³/mol. The fraction of sp³-hybridized carbons (Fsp3) is 0. The van der Waals surface area contributed by atoms with Crippen molar-refractivity contribution in [3.05, 3.63) is 57.6 Å². The Morgan fingerprint density at radius 1 is 1.13 bits per heavy atom. The van der Waals surface area contributed by atoms with Gasteiger partial charge in [0.25, 0.3) is 5.91 Å². The minimum Gasteiger partial charge on any atom is -0.508 e. The number of amides is 1. The molecule has 2 rings (SSSR count). The summed E-state index contributed by atoms with van der Waals surface area (Å²) in [5, 5.41) is 30.4. The Morgan fingerprint density at radius 2 is 1.70 bits per heavy atom. The number of nitriles is 1. The number of phenols is 2. The van der Waals surface area contributed by atoms with Crippen molar-refractivity contribution >= 4 is 40.9 Å². The first-order valence-corrected chi connectivity index (χ1v) is 7.06. The standard InChI is InChI=1S/C16H10Cl2N2O3/c17-13-6-9(7-14(18)15(13)22)5-10(8-19)16(23)20-11-1-3-12(21)4-2-11/h1-7,21-22H,(H,20,23)/b10-5+. The van der Waals surface area contributed by atoms with E-state index in [4.69, 9.17) is 28.5 Å². The van der Waals surface area contributed by atoms with Crippen LogP contribution >= 0.6 is 23.2 Å². The third-order valence-corrected chi connectivity index (χ3v) is 3.42. The largest absolute Gasteiger partial charge is 0.508 e. The van der Waals surface area contributed by atoms with Crippen LogP contribution in [0.3, 0.4) is 0 Å². The lowest BCUT2D eigenvalue weighted by atomic mass is 10.1. The average molecular weight is 349 g/mol. The second-order valence-electron chi connectivity index (χ2n) is 4.50. The van der Waals surface area contributed by atoms with Crippen molar-refractivity contribution in [3.63, 3.8) is 0 Å². The van der Waals surface area contributed by atoms with Gasteiger partial charge < -0.3 is 15.5 Å². The van der Waals surface area contributed by atoms with Crippen molar-refractivity contribution < 1.29 is 15.0 Å². The van der Waals surface area contributed by atoms with Crippen molar-refractivity contribution in [2.75, 3.05) is 5.32 Å². The van der Waals surface area contributed by atoms with Crippen LogP contribution in [0, 0.1) is 11.3 Å². The van der Waals surface area contributed by atoms with Gasteiger partial charge in [-0.15, -0.1) is 0 Å². The number of nitrogens with zero attached hydrogens (tertiary/aromatic N) is 1. The summed E-state index contributed by atoms with van der Waals surface area (Å²) < 4.78 is 0. The number of anilines is 1. The molecule has 0 fully saturated rings. The molecule has 23 heavy (non-hydrogen) atoms. The molecule has 0 aliphatic carbocycles. The Labute approximate surface area is 142 Å². The van der Waals surface area contributed by atoms with Crippen LogP contribution in [-0.4, -0.2) is 16.1 Å². The Morgan fingerprint density at radius 3 is 2.22 bits per heavy atom. The van der Waals surface area contributed by atoms with Gasteiger partial charge in [0.05, 0.1) is 10.0 Å². The van der Waals surface area contributed by atoms with Gasteiger partial charge in [-0.05, 0) is 48.0 Å². The molecule has 0 radical (unpaired) electrons. The van der Waals surface area contributed by atoms with Crippen LogP contribution in [-0.2, 0) is 4.79 Å². The second-order valence-corrected chi connectivity index (χ2v) is 5.32. The summed E-state index contributed by atoms with van der Waals surface area (Å²) in [5.41, 5.74) is 0.654. The number of hydrogen-bond acceptors (Lipinski definition) is 4. The third kappa shape index (κ3) is 4.16. The average Bonchev–Trinajstić information content (AvgIpc) is 2.52. The molecule has 5 nitrogen and oxygen atoms in total. The van der Waals surface area contributed by atoms with E-state index in [2.05, 4.69) is 5.32 Å². The number of rotatable bonds is 3. The lowest BCUT2D eigenvalue weighted by molar-refractivity contribution is -0.112. The summed E-state index contributed by atoms with van der Waals surface area (Å²) in [6.45, 7) is 0. The Hall–Kier alpha value is -2.68. The molecule has 0 aromatic heterocycles. The van der Waals surface area contributed by atoms with Crippen molar-refractivity contribution in [1.29, 1.82) is 5.26 Å². The van der Waals surface area contributed by atoms with Crippen LogP contribution in [0.25, 0.3) is 6.08 Å². The molecular weight excluding hydrogens is 339 g/mol. The Balaban J connectivity index is 2.26. The van der Waals surface area contributed by atoms with Crippen molar-refractivity contribution in [1.82, 2.24) is 0 Å². The quantitative estimate of drug-likeness (QED) is 0.444. The second kappa shape index (κ2) is 7.05. The molecule has 0 aliphatic heterocycles. The number of carbonyl (C=O) groups excluding carboxylic acids is 1. The SMILES string of the molecule is N#C/C(=C\c1cc(Cl)c(O)c(Cl)c1)C(=O)Nc1ccc(O)cc1. The van der Waals surface area contributed by atoms with Gasteiger partial charge in [-0.3, -0.25) is 4.79 Å². The molecule has 0 atom stereocenters. The molecule has 0 bridgehead atoms. The molecule has 1 amide bonds. The molecule has 0 aliphatic rings. The molecule has 0 saturated carbocycles. The zero-order valence-corrected chi connectivity index (χ0v) is 13.1. The van der Waals surface area contributed by atoms with E-state index in [9.17, 15) is 15.0 Å². The van der Waals surface area contributed by atoms with Gasteiger partial charge in [-0.2, -0.15) is 5.26 Å². The molecule has 7 heteroatoms. The maximum absolute atomic E-state index is 12.1. The van der Waals surface area contributed by atoms with Crippen molar-refractivity contribution in [2.45, 2.75) is 0 Å². The minimum atomic E-state index is -0.626. The smallest absolute Gasteiger partial charge is 0.266 e. The molecule has 0 spiro atoms. The van der Waals surface area contributed by atoms with Gasteiger partial charge in [0, 0.05) is 5.69 Å². The van der Waals surface area contributed by atoms with Crippen LogP contribution < -0.4 is 5.32 Å². The summed E-state index contributed by atoms with van der Waals surface area (Å²) in [5.74, 6) is -0.830. The number of halogens is 2. The molecule has 2 aromatic rings. The summed E-state index contributed by atoms with van der Waals surface area (Å²) in [7, 11) is 0. The van der Waals surface area contributed by atoms with E-state index >= 15 is 0 Å². The van der Waals surface area contributed by atoms with Crippen LogP contribution in [0.1, 0.15) is 5.56 Å². The van der Waals surface area contributed by atoms with E-state index in [1.807, 2.05) is 0 Å². The zero-order valence-electron chi connectivity index (χ0n) is 11.5. The predicted octanol–water partition coefficient (Wildman–Crippen LogP) is 3.95. The molecule has 2 aromatic carbocycles. The fourth-order valence-corrected chi connectivity index (χ4v) is 2.23. The van der Waals surface area contributed by atoms with Gasteiger partial charge in [0.15, 0.2) is 5.75 Å². The van der Waals surface area contributed by atoms with E-state index in [0.717, 1.165) is 0 Å². The summed E-state index contributed by atoms with van der Waals surface area (Å²) in [4.78, 5) is 12.1. The monoisotopic (exact) mass is 348 g/mol. The number of phenolic OH excluding ortho intramolecular Hbond substituents is 2. The molecule has 116 valence electrons. The Bertz CT molecular complexity index is 801. The number of carbonyl (C=O) groups is 1. The third-order valence-electron chi connectivity index (χ3n) is 2.84. The van der Waals surface area contributed by atoms with Crippen LogP contribution in [0.4, 0.5) is 5.69 Å². The van der Waals surface area contributed by atoms with Gasteiger partial charge in [-0.25, -0.2) is 0 Å². The summed E-state index contributed by atoms with van der Waals surface area (Å²) in [6, 6.07) is 10.4. The van der Waals surface area contributed by atoms with E-state index in [0.29, 0.717) is 11.3 Å². The summed E-state index contributed by atoms with van der Waals surface area (Å²) >= 11 is 11.6. The van der Waals surface area contributed by atoms with Crippen LogP contribution in [0.15, 0.2) is 42.0 Å². The minimum absolute atomic E-state index is 0.0139. The zero-order chi connectivity index (χ0) is 17.0. The molecule has 0 heterocycles. The maximum Gasteiger partial charge on any atom is 0.266 e. The first kappa shape index (κ1) is 16.7. The van der Waals surface area contributed by atoms with E-state index in [-0.39, 0.29) is 27.1 Å². The normalized spacial score (nSPS) is 10.9. The van der Waals surface area contributed by atoms with Gasteiger partial charge in [0.1, 0.15) is 17.4 Å². The Kier molecular flexibility index (Phi) is 5.12. The molecular formula is C16H10Cl2N2O3. The van der Waals surface area contributed by atoms with E-state index in [1.54, 1.807) is 6.07 Å². The first-order chi connectivity index (χ1) is 10.9. The van der Waals surface area contributed by atoms with Gasteiger partial charge >= 0.3 is 0 Å². The topological polar surface area (TPSA) is 93.3 Å². The van der Waals surface area contributed by atoms with Gasteiger partial charge in [-0.1, -0.05) is 23.2 Å². The van der Waals surface area contributed by atoms with Crippen LogP contribution in [0.5, 0.6) is 11.5 Å². The lowest BCUT2D eigenvalue weighted by Crippen LogP contribution is -2.13. The fourth-order valence-electron chi connectivity index (χ4n) is 1.73. The number of benzene rings is 2. The molecule has 0 unspecified atom stereocenters. The summed E-state index contributed by atoms with van der Waals surface area (Å²) in [6.07, 6.45) is 1.30. The van der Waals surface area contributed by atoms with E-state index in [1.165, 1.54) is 42.5 Å². The highest BCUT2D eigenvalue weighted by atomic mass is 35.5. The lowest BCUT2D eigenvalue weighted by Gasteiger charge is -2.05. The number of aromatic hydroxyl groups is 2. The number of hydrogen-bond donors (Lipinski definition) is 3. The van der Waals surface area contributed by atoms with E-state index < -0.39 is 5.91 Å². The highest BCUT2D eigenvalue weighted by Crippen LogP contribution is 2.33. The van der Waals surface area contributed by atoms with Crippen LogP contribution in [0.2, 0.25) is 10.0 Å². The molecule has 3 N–H and O–H groups in total.